The molecule has 0 unspecified atom stereocenters. The van der Waals surface area contributed by atoms with Gasteiger partial charge in [0.2, 0.25) is 5.96 Å². The smallest absolute Gasteiger partial charge is 0.328 e. The Morgan fingerprint density at radius 3 is 2.18 bits per heavy atom. The summed E-state index contributed by atoms with van der Waals surface area (Å²) >= 11 is 0. The Labute approximate surface area is 107 Å². The van der Waals surface area contributed by atoms with Gasteiger partial charge in [0, 0.05) is 26.8 Å². The van der Waals surface area contributed by atoms with Crippen LogP contribution in [0.15, 0.2) is 30.3 Å². The van der Waals surface area contributed by atoms with Crippen molar-refractivity contribution >= 4 is 30.1 Å². The molecule has 0 radical (unpaired) electrons. The third-order valence-corrected chi connectivity index (χ3v) is 2.07. The molecule has 5 nitrogen and oxygen atoms in total. The van der Waals surface area contributed by atoms with E-state index in [0.717, 1.165) is 0 Å². The zero-order valence-corrected chi connectivity index (χ0v) is 10.9. The third kappa shape index (κ3) is 4.32. The normalized spacial score (nSPS) is 8.88. The number of amides is 2. The van der Waals surface area contributed by atoms with Crippen molar-refractivity contribution in [2.24, 2.45) is 0 Å². The fourth-order valence-electron chi connectivity index (χ4n) is 1.12. The summed E-state index contributed by atoms with van der Waals surface area (Å²) < 4.78 is 0. The molecule has 94 valence electrons. The standard InChI is InChI=1S/C11H16N4O.ClH/c1-14(2)10(12)15(3)11(16)13-9-7-5-4-6-8-9;/h4-8,12H,1-3H3,(H,13,16);1H. The van der Waals surface area contributed by atoms with E-state index in [1.54, 1.807) is 38.2 Å². The van der Waals surface area contributed by atoms with Gasteiger partial charge in [-0.2, -0.15) is 0 Å². The van der Waals surface area contributed by atoms with Gasteiger partial charge in [-0.25, -0.2) is 4.79 Å². The molecule has 0 aliphatic rings. The van der Waals surface area contributed by atoms with E-state index in [0.29, 0.717) is 5.69 Å². The van der Waals surface area contributed by atoms with Gasteiger partial charge in [-0.15, -0.1) is 12.4 Å². The SMILES string of the molecule is CN(C)C(=N)N(C)C(=O)Nc1ccccc1.Cl. The number of anilines is 1. The maximum absolute atomic E-state index is 11.7. The minimum Gasteiger partial charge on any atom is -0.349 e. The van der Waals surface area contributed by atoms with Gasteiger partial charge in [0.05, 0.1) is 0 Å². The molecule has 0 saturated heterocycles. The van der Waals surface area contributed by atoms with Gasteiger partial charge in [0.15, 0.2) is 0 Å². The topological polar surface area (TPSA) is 59.4 Å². The van der Waals surface area contributed by atoms with Crippen molar-refractivity contribution in [3.63, 3.8) is 0 Å². The van der Waals surface area contributed by atoms with E-state index in [2.05, 4.69) is 5.32 Å². The molecule has 0 aromatic heterocycles. The number of hydrogen-bond acceptors (Lipinski definition) is 2. The number of benzene rings is 1. The number of carbonyl (C=O) groups is 1. The van der Waals surface area contributed by atoms with Crippen LogP contribution in [-0.4, -0.2) is 42.9 Å². The van der Waals surface area contributed by atoms with Crippen molar-refractivity contribution in [3.8, 4) is 0 Å². The van der Waals surface area contributed by atoms with Crippen LogP contribution in [-0.2, 0) is 0 Å². The second kappa shape index (κ2) is 6.75. The van der Waals surface area contributed by atoms with Gasteiger partial charge in [0.25, 0.3) is 0 Å². The summed E-state index contributed by atoms with van der Waals surface area (Å²) in [5, 5.41) is 10.3. The van der Waals surface area contributed by atoms with Gasteiger partial charge in [-0.1, -0.05) is 18.2 Å². The minimum absolute atomic E-state index is 0. The largest absolute Gasteiger partial charge is 0.349 e. The number of para-hydroxylation sites is 1. The number of rotatable bonds is 1. The quantitative estimate of drug-likeness (QED) is 0.597. The summed E-state index contributed by atoms with van der Waals surface area (Å²) in [6, 6.07) is 8.82. The van der Waals surface area contributed by atoms with E-state index in [-0.39, 0.29) is 24.4 Å². The molecule has 17 heavy (non-hydrogen) atoms. The fraction of sp³-hybridized carbons (Fsp3) is 0.273. The zero-order valence-electron chi connectivity index (χ0n) is 10.1. The maximum atomic E-state index is 11.7. The van der Waals surface area contributed by atoms with E-state index in [4.69, 9.17) is 5.41 Å². The highest BCUT2D eigenvalue weighted by Gasteiger charge is 2.14. The van der Waals surface area contributed by atoms with Crippen LogP contribution in [0, 0.1) is 5.41 Å². The lowest BCUT2D eigenvalue weighted by atomic mass is 10.3. The number of nitrogens with one attached hydrogen (secondary N) is 2. The first-order valence-corrected chi connectivity index (χ1v) is 4.88. The first kappa shape index (κ1) is 15.2. The van der Waals surface area contributed by atoms with Crippen LogP contribution in [0.5, 0.6) is 0 Å². The number of guanidine groups is 1. The van der Waals surface area contributed by atoms with Crippen LogP contribution < -0.4 is 5.32 Å². The average molecular weight is 257 g/mol. The molecule has 0 heterocycles. The molecule has 0 aliphatic heterocycles. The molecule has 2 amide bonds. The van der Waals surface area contributed by atoms with E-state index < -0.39 is 0 Å². The van der Waals surface area contributed by atoms with Crippen LogP contribution in [0.2, 0.25) is 0 Å². The molecule has 1 aromatic rings. The summed E-state index contributed by atoms with van der Waals surface area (Å²) in [5.74, 6) is 0.133. The second-order valence-corrected chi connectivity index (χ2v) is 3.57. The molecule has 1 rings (SSSR count). The fourth-order valence-corrected chi connectivity index (χ4v) is 1.12. The van der Waals surface area contributed by atoms with Gasteiger partial charge >= 0.3 is 6.03 Å². The Balaban J connectivity index is 0.00000256. The number of urea groups is 1. The van der Waals surface area contributed by atoms with E-state index in [1.165, 1.54) is 4.90 Å². The highest BCUT2D eigenvalue weighted by atomic mass is 35.5. The van der Waals surface area contributed by atoms with Crippen molar-refractivity contribution in [1.82, 2.24) is 9.80 Å². The Kier molecular flexibility index (Phi) is 6.06. The predicted octanol–water partition coefficient (Wildman–Crippen LogP) is 2.07. The lowest BCUT2D eigenvalue weighted by Gasteiger charge is -2.23. The van der Waals surface area contributed by atoms with Crippen LogP contribution in [0.3, 0.4) is 0 Å². The molecular formula is C11H17ClN4O. The molecule has 6 heteroatoms. The van der Waals surface area contributed by atoms with Crippen molar-refractivity contribution in [2.75, 3.05) is 26.5 Å². The lowest BCUT2D eigenvalue weighted by molar-refractivity contribution is 0.236. The summed E-state index contributed by atoms with van der Waals surface area (Å²) in [5.41, 5.74) is 0.714. The molecule has 1 aromatic carbocycles. The monoisotopic (exact) mass is 256 g/mol. The average Bonchev–Trinajstić information content (AvgIpc) is 2.28. The molecule has 0 atom stereocenters. The van der Waals surface area contributed by atoms with Gasteiger partial charge < -0.3 is 10.2 Å². The first-order chi connectivity index (χ1) is 7.52. The molecule has 0 spiro atoms. The summed E-state index contributed by atoms with van der Waals surface area (Å²) in [6.07, 6.45) is 0. The third-order valence-electron chi connectivity index (χ3n) is 2.07. The number of halogens is 1. The van der Waals surface area contributed by atoms with Crippen LogP contribution in [0.1, 0.15) is 0 Å². The van der Waals surface area contributed by atoms with E-state index >= 15 is 0 Å². The van der Waals surface area contributed by atoms with Crippen LogP contribution in [0.4, 0.5) is 10.5 Å². The maximum Gasteiger partial charge on any atom is 0.328 e. The molecular weight excluding hydrogens is 240 g/mol. The Bertz CT molecular complexity index is 380. The van der Waals surface area contributed by atoms with Gasteiger partial charge in [0.1, 0.15) is 0 Å². The van der Waals surface area contributed by atoms with Crippen molar-refractivity contribution in [2.45, 2.75) is 0 Å². The minimum atomic E-state index is -0.329. The summed E-state index contributed by atoms with van der Waals surface area (Å²) in [4.78, 5) is 14.5. The Hall–Kier alpha value is -1.75. The first-order valence-electron chi connectivity index (χ1n) is 4.88. The van der Waals surface area contributed by atoms with Gasteiger partial charge in [-0.3, -0.25) is 10.3 Å². The van der Waals surface area contributed by atoms with Crippen molar-refractivity contribution in [1.29, 1.82) is 5.41 Å². The second-order valence-electron chi connectivity index (χ2n) is 3.57. The number of nitrogens with zero attached hydrogens (tertiary/aromatic N) is 2. The van der Waals surface area contributed by atoms with Crippen LogP contribution >= 0.6 is 12.4 Å². The summed E-state index contributed by atoms with van der Waals surface area (Å²) in [6.45, 7) is 0. The van der Waals surface area contributed by atoms with E-state index in [1.807, 2.05) is 18.2 Å². The highest BCUT2D eigenvalue weighted by molar-refractivity contribution is 6.00. The Morgan fingerprint density at radius 1 is 1.18 bits per heavy atom. The van der Waals surface area contributed by atoms with E-state index in [9.17, 15) is 4.79 Å². The highest BCUT2D eigenvalue weighted by Crippen LogP contribution is 2.06. The molecule has 0 saturated carbocycles. The van der Waals surface area contributed by atoms with Crippen molar-refractivity contribution < 1.29 is 4.79 Å². The number of hydrogen-bond donors (Lipinski definition) is 2. The van der Waals surface area contributed by atoms with Crippen LogP contribution in [0.25, 0.3) is 0 Å². The molecule has 0 bridgehead atoms. The zero-order chi connectivity index (χ0) is 12.1. The predicted molar refractivity (Wildman–Crippen MR) is 71.9 cm³/mol. The van der Waals surface area contributed by atoms with Gasteiger partial charge in [-0.05, 0) is 12.1 Å². The molecule has 0 fully saturated rings. The molecule has 2 N–H and O–H groups in total. The number of carbonyl (C=O) groups excluding carboxylic acids is 1. The summed E-state index contributed by atoms with van der Waals surface area (Å²) in [7, 11) is 4.99. The Morgan fingerprint density at radius 2 is 1.71 bits per heavy atom. The van der Waals surface area contributed by atoms with Crippen molar-refractivity contribution in [3.05, 3.63) is 30.3 Å². The molecule has 0 aliphatic carbocycles. The lowest BCUT2D eigenvalue weighted by Crippen LogP contribution is -2.43.